The lowest BCUT2D eigenvalue weighted by Gasteiger charge is -2.41. The molecule has 1 aromatic heterocycles. The van der Waals surface area contributed by atoms with Crippen molar-refractivity contribution in [3.05, 3.63) is 35.2 Å². The maximum Gasteiger partial charge on any atom is 0.277 e. The zero-order valence-corrected chi connectivity index (χ0v) is 19.4. The van der Waals surface area contributed by atoms with Crippen LogP contribution >= 0.6 is 23.4 Å². The Morgan fingerprint density at radius 2 is 1.68 bits per heavy atom. The molecule has 1 heterocycles. The van der Waals surface area contributed by atoms with Crippen LogP contribution < -0.4 is 4.74 Å². The van der Waals surface area contributed by atoms with E-state index in [9.17, 15) is 4.79 Å². The summed E-state index contributed by atoms with van der Waals surface area (Å²) in [6, 6.07) is 8.05. The molecule has 6 nitrogen and oxygen atoms in total. The third-order valence-electron chi connectivity index (χ3n) is 6.18. The van der Waals surface area contributed by atoms with Gasteiger partial charge in [0, 0.05) is 12.1 Å². The number of benzene rings is 1. The largest absolute Gasteiger partial charge is 0.482 e. The number of hydrogen-bond acceptors (Lipinski definition) is 6. The number of ether oxygens (including phenoxy) is 1. The van der Waals surface area contributed by atoms with Gasteiger partial charge in [-0.05, 0) is 37.8 Å². The molecule has 0 unspecified atom stereocenters. The lowest BCUT2D eigenvalue weighted by atomic mass is 9.88. The summed E-state index contributed by atoms with van der Waals surface area (Å²) in [6.07, 6.45) is 12.0. The molecule has 1 aromatic carbocycles. The van der Waals surface area contributed by atoms with Crippen molar-refractivity contribution in [2.45, 2.75) is 88.1 Å². The SMILES string of the molecule is O=C(CSc1nnc(COc2ccccc2Cl)o1)N(C1CCCCC1)C1CCCCC1. The van der Waals surface area contributed by atoms with E-state index in [-0.39, 0.29) is 12.5 Å². The highest BCUT2D eigenvalue weighted by Gasteiger charge is 2.32. The molecule has 0 aliphatic heterocycles. The number of nitrogens with zero attached hydrogens (tertiary/aromatic N) is 3. The number of aromatic nitrogens is 2. The second-order valence-electron chi connectivity index (χ2n) is 8.35. The van der Waals surface area contributed by atoms with Crippen LogP contribution in [0.4, 0.5) is 0 Å². The van der Waals surface area contributed by atoms with E-state index in [0.717, 1.165) is 25.7 Å². The second kappa shape index (κ2) is 11.2. The van der Waals surface area contributed by atoms with E-state index in [1.54, 1.807) is 12.1 Å². The number of carbonyl (C=O) groups excluding carboxylic acids is 1. The van der Waals surface area contributed by atoms with Crippen LogP contribution in [0, 0.1) is 0 Å². The predicted octanol–water partition coefficient (Wildman–Crippen LogP) is 5.89. The average Bonchev–Trinajstić information content (AvgIpc) is 3.27. The van der Waals surface area contributed by atoms with Gasteiger partial charge < -0.3 is 14.1 Å². The number of hydrogen-bond donors (Lipinski definition) is 0. The van der Waals surface area contributed by atoms with Gasteiger partial charge in [-0.15, -0.1) is 10.2 Å². The van der Waals surface area contributed by atoms with Gasteiger partial charge in [0.05, 0.1) is 10.8 Å². The Hall–Kier alpha value is -1.73. The fourth-order valence-corrected chi connectivity index (χ4v) is 5.52. The first-order valence-electron chi connectivity index (χ1n) is 11.3. The molecule has 2 aromatic rings. The molecule has 0 N–H and O–H groups in total. The van der Waals surface area contributed by atoms with E-state index in [2.05, 4.69) is 15.1 Å². The molecule has 0 spiro atoms. The molecule has 168 valence electrons. The molecule has 2 aliphatic carbocycles. The fraction of sp³-hybridized carbons (Fsp3) is 0.609. The van der Waals surface area contributed by atoms with E-state index in [0.29, 0.717) is 39.7 Å². The predicted molar refractivity (Wildman–Crippen MR) is 121 cm³/mol. The van der Waals surface area contributed by atoms with Crippen molar-refractivity contribution in [3.8, 4) is 5.75 Å². The smallest absolute Gasteiger partial charge is 0.277 e. The van der Waals surface area contributed by atoms with Gasteiger partial charge in [-0.3, -0.25) is 4.79 Å². The molecule has 0 atom stereocenters. The van der Waals surface area contributed by atoms with Crippen LogP contribution in [0.25, 0.3) is 0 Å². The summed E-state index contributed by atoms with van der Waals surface area (Å²) in [5.41, 5.74) is 0. The van der Waals surface area contributed by atoms with E-state index in [1.807, 2.05) is 12.1 Å². The molecule has 2 fully saturated rings. The van der Waals surface area contributed by atoms with Gasteiger partial charge in [-0.2, -0.15) is 0 Å². The molecule has 0 radical (unpaired) electrons. The quantitative estimate of drug-likeness (QED) is 0.455. The standard InChI is InChI=1S/C23H30ClN3O3S/c24-19-13-7-8-14-20(19)29-15-21-25-26-23(30-21)31-16-22(28)27(17-9-3-1-4-10-17)18-11-5-2-6-12-18/h7-8,13-14,17-18H,1-6,9-12,15-16H2. The molecule has 0 saturated heterocycles. The minimum Gasteiger partial charge on any atom is -0.482 e. The first kappa shape index (κ1) is 22.5. The zero-order valence-electron chi connectivity index (χ0n) is 17.8. The fourth-order valence-electron chi connectivity index (χ4n) is 4.68. The monoisotopic (exact) mass is 463 g/mol. The summed E-state index contributed by atoms with van der Waals surface area (Å²) in [5, 5.41) is 9.04. The third-order valence-corrected chi connectivity index (χ3v) is 7.29. The average molecular weight is 464 g/mol. The van der Waals surface area contributed by atoms with Crippen molar-refractivity contribution in [1.29, 1.82) is 0 Å². The summed E-state index contributed by atoms with van der Waals surface area (Å²) in [4.78, 5) is 15.5. The maximum atomic E-state index is 13.2. The highest BCUT2D eigenvalue weighted by atomic mass is 35.5. The van der Waals surface area contributed by atoms with Crippen molar-refractivity contribution in [2.24, 2.45) is 0 Å². The van der Waals surface area contributed by atoms with Crippen LogP contribution in [0.15, 0.2) is 33.9 Å². The van der Waals surface area contributed by atoms with Crippen LogP contribution in [0.3, 0.4) is 0 Å². The summed E-state index contributed by atoms with van der Waals surface area (Å²) < 4.78 is 11.3. The number of halogens is 1. The Kier molecular flexibility index (Phi) is 8.14. The number of thioether (sulfide) groups is 1. The molecule has 2 aliphatic rings. The number of para-hydroxylation sites is 1. The molecule has 8 heteroatoms. The molecule has 2 saturated carbocycles. The van der Waals surface area contributed by atoms with E-state index >= 15 is 0 Å². The molecule has 4 rings (SSSR count). The van der Waals surface area contributed by atoms with Gasteiger partial charge in [-0.1, -0.05) is 74.0 Å². The van der Waals surface area contributed by atoms with E-state index in [1.165, 1.54) is 50.3 Å². The molecule has 0 bridgehead atoms. The summed E-state index contributed by atoms with van der Waals surface area (Å²) in [7, 11) is 0. The maximum absolute atomic E-state index is 13.2. The van der Waals surface area contributed by atoms with Gasteiger partial charge in [0.25, 0.3) is 11.1 Å². The third kappa shape index (κ3) is 6.16. The van der Waals surface area contributed by atoms with Gasteiger partial charge >= 0.3 is 0 Å². The summed E-state index contributed by atoms with van der Waals surface area (Å²) in [5.74, 6) is 1.48. The van der Waals surface area contributed by atoms with Crippen molar-refractivity contribution in [3.63, 3.8) is 0 Å². The van der Waals surface area contributed by atoms with E-state index < -0.39 is 0 Å². The summed E-state index contributed by atoms with van der Waals surface area (Å²) >= 11 is 7.42. The Balaban J connectivity index is 1.32. The molecular formula is C23H30ClN3O3S. The Morgan fingerprint density at radius 1 is 1.03 bits per heavy atom. The van der Waals surface area contributed by atoms with Crippen LogP contribution in [-0.2, 0) is 11.4 Å². The molecular weight excluding hydrogens is 434 g/mol. The molecule has 1 amide bonds. The molecule has 31 heavy (non-hydrogen) atoms. The van der Waals surface area contributed by atoms with Crippen LogP contribution in [0.1, 0.15) is 70.1 Å². The number of rotatable bonds is 8. The minimum absolute atomic E-state index is 0.140. The Labute approximate surface area is 193 Å². The zero-order chi connectivity index (χ0) is 21.5. The normalized spacial score (nSPS) is 18.1. The Morgan fingerprint density at radius 3 is 2.32 bits per heavy atom. The number of amides is 1. The van der Waals surface area contributed by atoms with Crippen molar-refractivity contribution in [2.75, 3.05) is 5.75 Å². The van der Waals surface area contributed by atoms with Crippen molar-refractivity contribution >= 4 is 29.3 Å². The van der Waals surface area contributed by atoms with Crippen LogP contribution in [0.5, 0.6) is 5.75 Å². The van der Waals surface area contributed by atoms with E-state index in [4.69, 9.17) is 20.8 Å². The number of carbonyl (C=O) groups is 1. The van der Waals surface area contributed by atoms with Gasteiger partial charge in [0.15, 0.2) is 6.61 Å². The summed E-state index contributed by atoms with van der Waals surface area (Å²) in [6.45, 7) is 0.140. The van der Waals surface area contributed by atoms with Gasteiger partial charge in [0.2, 0.25) is 5.91 Å². The highest BCUT2D eigenvalue weighted by molar-refractivity contribution is 7.99. The lowest BCUT2D eigenvalue weighted by Crippen LogP contribution is -2.49. The van der Waals surface area contributed by atoms with Crippen molar-refractivity contribution < 1.29 is 13.9 Å². The lowest BCUT2D eigenvalue weighted by molar-refractivity contribution is -0.135. The van der Waals surface area contributed by atoms with Gasteiger partial charge in [-0.25, -0.2) is 0 Å². The van der Waals surface area contributed by atoms with Gasteiger partial charge in [0.1, 0.15) is 5.75 Å². The second-order valence-corrected chi connectivity index (χ2v) is 9.69. The Bertz CT molecular complexity index is 832. The van der Waals surface area contributed by atoms with Crippen molar-refractivity contribution in [1.82, 2.24) is 15.1 Å². The first-order chi connectivity index (χ1) is 15.2. The van der Waals surface area contributed by atoms with Crippen LogP contribution in [-0.4, -0.2) is 38.8 Å². The topological polar surface area (TPSA) is 68.5 Å². The minimum atomic E-state index is 0.140. The first-order valence-corrected chi connectivity index (χ1v) is 12.7. The van der Waals surface area contributed by atoms with Crippen LogP contribution in [0.2, 0.25) is 5.02 Å². The highest BCUT2D eigenvalue weighted by Crippen LogP contribution is 2.31.